The van der Waals surface area contributed by atoms with E-state index >= 15 is 0 Å². The summed E-state index contributed by atoms with van der Waals surface area (Å²) in [6.07, 6.45) is 5.17. The third-order valence-electron chi connectivity index (χ3n) is 2.61. The predicted molar refractivity (Wildman–Crippen MR) is 63.2 cm³/mol. The Balaban J connectivity index is 2.46. The number of nitrogens with one attached hydrogen (secondary N) is 1. The third kappa shape index (κ3) is 2.13. The van der Waals surface area contributed by atoms with Crippen molar-refractivity contribution in [2.45, 2.75) is 6.04 Å². The Hall–Kier alpha value is -1.92. The van der Waals surface area contributed by atoms with Gasteiger partial charge in [-0.2, -0.15) is 0 Å². The normalized spacial score (nSPS) is 12.4. The second kappa shape index (κ2) is 4.94. The van der Waals surface area contributed by atoms with Gasteiger partial charge in [-0.15, -0.1) is 0 Å². The summed E-state index contributed by atoms with van der Waals surface area (Å²) in [5, 5.41) is 0. The average molecular weight is 233 g/mol. The minimum atomic E-state index is -0.251. The van der Waals surface area contributed by atoms with E-state index in [0.717, 1.165) is 11.4 Å². The van der Waals surface area contributed by atoms with Crippen molar-refractivity contribution >= 4 is 0 Å². The van der Waals surface area contributed by atoms with E-state index in [9.17, 15) is 0 Å². The lowest BCUT2D eigenvalue weighted by Gasteiger charge is -2.18. The molecule has 0 spiro atoms. The lowest BCUT2D eigenvalue weighted by molar-refractivity contribution is 0.399. The third-order valence-corrected chi connectivity index (χ3v) is 2.61. The van der Waals surface area contributed by atoms with Crippen molar-refractivity contribution in [1.82, 2.24) is 20.0 Å². The van der Waals surface area contributed by atoms with Crippen LogP contribution in [0, 0.1) is 0 Å². The summed E-state index contributed by atoms with van der Waals surface area (Å²) in [5.74, 6) is 6.29. The van der Waals surface area contributed by atoms with Crippen LogP contribution in [0.2, 0.25) is 0 Å². The summed E-state index contributed by atoms with van der Waals surface area (Å²) in [6, 6.07) is 3.42. The fraction of sp³-hybridized carbons (Fsp3) is 0.273. The van der Waals surface area contributed by atoms with E-state index in [1.54, 1.807) is 25.8 Å². The molecule has 1 atom stereocenters. The number of hydrazine groups is 1. The average Bonchev–Trinajstić information content (AvgIpc) is 2.78. The first-order chi connectivity index (χ1) is 8.27. The summed E-state index contributed by atoms with van der Waals surface area (Å²) >= 11 is 0. The van der Waals surface area contributed by atoms with Crippen molar-refractivity contribution in [3.8, 4) is 5.75 Å². The van der Waals surface area contributed by atoms with Crippen LogP contribution in [0.1, 0.15) is 17.4 Å². The number of rotatable bonds is 4. The van der Waals surface area contributed by atoms with Gasteiger partial charge in [-0.25, -0.2) is 10.4 Å². The monoisotopic (exact) mass is 233 g/mol. The topological polar surface area (TPSA) is 78.0 Å². The molecule has 2 aromatic rings. The van der Waals surface area contributed by atoms with Crippen LogP contribution in [0.4, 0.5) is 0 Å². The van der Waals surface area contributed by atoms with Crippen LogP contribution < -0.4 is 16.0 Å². The van der Waals surface area contributed by atoms with Gasteiger partial charge in [0.05, 0.1) is 25.3 Å². The molecule has 90 valence electrons. The Morgan fingerprint density at radius 2 is 2.35 bits per heavy atom. The molecule has 0 aliphatic heterocycles. The fourth-order valence-electron chi connectivity index (χ4n) is 1.74. The highest BCUT2D eigenvalue weighted by Crippen LogP contribution is 2.26. The summed E-state index contributed by atoms with van der Waals surface area (Å²) in [4.78, 5) is 8.38. The Kier molecular flexibility index (Phi) is 3.36. The summed E-state index contributed by atoms with van der Waals surface area (Å²) in [6.45, 7) is 0. The highest BCUT2D eigenvalue weighted by Gasteiger charge is 2.20. The Bertz CT molecular complexity index is 496. The molecule has 0 saturated heterocycles. The van der Waals surface area contributed by atoms with Crippen molar-refractivity contribution in [2.75, 3.05) is 7.11 Å². The van der Waals surface area contributed by atoms with Gasteiger partial charge < -0.3 is 9.30 Å². The lowest BCUT2D eigenvalue weighted by Crippen LogP contribution is -2.31. The van der Waals surface area contributed by atoms with Crippen LogP contribution in [0.5, 0.6) is 5.75 Å². The Morgan fingerprint density at radius 1 is 1.53 bits per heavy atom. The number of hydrogen-bond acceptors (Lipinski definition) is 5. The second-order valence-electron chi connectivity index (χ2n) is 3.62. The van der Waals surface area contributed by atoms with Crippen LogP contribution >= 0.6 is 0 Å². The molecule has 0 fully saturated rings. The zero-order valence-electron chi connectivity index (χ0n) is 9.79. The highest BCUT2D eigenvalue weighted by atomic mass is 16.5. The van der Waals surface area contributed by atoms with Crippen LogP contribution in [-0.4, -0.2) is 21.6 Å². The van der Waals surface area contributed by atoms with Crippen molar-refractivity contribution in [1.29, 1.82) is 0 Å². The standard InChI is InChI=1S/C11H15N5O/c1-16-7-13-6-8(16)10(15-12)11-9(17-2)4-3-5-14-11/h3-7,10,15H,12H2,1-2H3. The highest BCUT2D eigenvalue weighted by molar-refractivity contribution is 5.34. The number of hydrogen-bond donors (Lipinski definition) is 2. The number of pyridine rings is 1. The van der Waals surface area contributed by atoms with Crippen molar-refractivity contribution < 1.29 is 4.74 Å². The van der Waals surface area contributed by atoms with Gasteiger partial charge in [-0.05, 0) is 12.1 Å². The molecule has 0 aromatic carbocycles. The molecule has 0 saturated carbocycles. The van der Waals surface area contributed by atoms with Gasteiger partial charge in [-0.3, -0.25) is 10.8 Å². The van der Waals surface area contributed by atoms with Crippen LogP contribution in [0.3, 0.4) is 0 Å². The number of aromatic nitrogens is 3. The molecule has 0 aliphatic carbocycles. The molecule has 6 heteroatoms. The molecule has 1 unspecified atom stereocenters. The van der Waals surface area contributed by atoms with E-state index < -0.39 is 0 Å². The molecule has 0 aliphatic rings. The van der Waals surface area contributed by atoms with E-state index in [1.807, 2.05) is 23.7 Å². The molecule has 2 aromatic heterocycles. The molecule has 17 heavy (non-hydrogen) atoms. The first-order valence-electron chi connectivity index (χ1n) is 5.19. The molecule has 3 N–H and O–H groups in total. The second-order valence-corrected chi connectivity index (χ2v) is 3.62. The maximum Gasteiger partial charge on any atom is 0.142 e. The van der Waals surface area contributed by atoms with E-state index in [2.05, 4.69) is 15.4 Å². The predicted octanol–water partition coefficient (Wildman–Crippen LogP) is 0.376. The minimum Gasteiger partial charge on any atom is -0.495 e. The van der Waals surface area contributed by atoms with Crippen LogP contribution in [0.15, 0.2) is 30.9 Å². The molecular weight excluding hydrogens is 218 g/mol. The first-order valence-corrected chi connectivity index (χ1v) is 5.19. The van der Waals surface area contributed by atoms with Gasteiger partial charge >= 0.3 is 0 Å². The van der Waals surface area contributed by atoms with Crippen molar-refractivity contribution in [3.63, 3.8) is 0 Å². The molecule has 0 bridgehead atoms. The minimum absolute atomic E-state index is 0.251. The van der Waals surface area contributed by atoms with E-state index in [-0.39, 0.29) is 6.04 Å². The maximum atomic E-state index is 5.60. The number of imidazole rings is 1. The van der Waals surface area contributed by atoms with Gasteiger partial charge in [0.2, 0.25) is 0 Å². The maximum absolute atomic E-state index is 5.60. The number of aryl methyl sites for hydroxylation is 1. The quantitative estimate of drug-likeness (QED) is 0.589. The van der Waals surface area contributed by atoms with Gasteiger partial charge in [0.1, 0.15) is 17.5 Å². The zero-order chi connectivity index (χ0) is 12.3. The van der Waals surface area contributed by atoms with Crippen LogP contribution in [0.25, 0.3) is 0 Å². The molecule has 2 heterocycles. The Morgan fingerprint density at radius 3 is 2.94 bits per heavy atom. The number of ether oxygens (including phenoxy) is 1. The largest absolute Gasteiger partial charge is 0.495 e. The van der Waals surface area contributed by atoms with Crippen molar-refractivity contribution in [2.24, 2.45) is 12.9 Å². The Labute approximate surface area is 99.4 Å². The molecular formula is C11H15N5O. The zero-order valence-corrected chi connectivity index (χ0v) is 9.79. The number of methoxy groups -OCH3 is 1. The molecule has 0 radical (unpaired) electrons. The fourth-order valence-corrected chi connectivity index (χ4v) is 1.74. The number of nitrogens with two attached hydrogens (primary N) is 1. The van der Waals surface area contributed by atoms with Gasteiger partial charge in [-0.1, -0.05) is 0 Å². The molecule has 0 amide bonds. The van der Waals surface area contributed by atoms with E-state index in [1.165, 1.54) is 0 Å². The SMILES string of the molecule is COc1cccnc1C(NN)c1cncn1C. The van der Waals surface area contributed by atoms with E-state index in [0.29, 0.717) is 5.75 Å². The van der Waals surface area contributed by atoms with Gasteiger partial charge in [0.15, 0.2) is 0 Å². The van der Waals surface area contributed by atoms with Gasteiger partial charge in [0, 0.05) is 13.2 Å². The lowest BCUT2D eigenvalue weighted by atomic mass is 10.1. The summed E-state index contributed by atoms with van der Waals surface area (Å²) in [7, 11) is 3.51. The number of nitrogens with zero attached hydrogens (tertiary/aromatic N) is 3. The smallest absolute Gasteiger partial charge is 0.142 e. The first kappa shape index (κ1) is 11.6. The molecule has 6 nitrogen and oxygen atoms in total. The summed E-state index contributed by atoms with van der Waals surface area (Å²) < 4.78 is 7.17. The summed E-state index contributed by atoms with van der Waals surface area (Å²) in [5.41, 5.74) is 4.39. The van der Waals surface area contributed by atoms with Crippen molar-refractivity contribution in [3.05, 3.63) is 42.2 Å². The van der Waals surface area contributed by atoms with Crippen LogP contribution in [-0.2, 0) is 7.05 Å². The molecule has 2 rings (SSSR count). The van der Waals surface area contributed by atoms with E-state index in [4.69, 9.17) is 10.6 Å². The van der Waals surface area contributed by atoms with Gasteiger partial charge in [0.25, 0.3) is 0 Å².